The van der Waals surface area contributed by atoms with E-state index in [0.717, 1.165) is 25.9 Å². The molecule has 2 heterocycles. The van der Waals surface area contributed by atoms with Gasteiger partial charge in [-0.05, 0) is 32.4 Å². The molecule has 0 bridgehead atoms. The highest BCUT2D eigenvalue weighted by Gasteiger charge is 2.16. The van der Waals surface area contributed by atoms with Gasteiger partial charge >= 0.3 is 0 Å². The third-order valence-electron chi connectivity index (χ3n) is 2.88. The molecule has 16 heavy (non-hydrogen) atoms. The van der Waals surface area contributed by atoms with Crippen LogP contribution in [-0.2, 0) is 6.42 Å². The summed E-state index contributed by atoms with van der Waals surface area (Å²) in [6.45, 7) is 3.84. The highest BCUT2D eigenvalue weighted by atomic mass is 19.1. The second kappa shape index (κ2) is 5.21. The molecule has 1 aromatic rings. The number of hydrogen-bond donors (Lipinski definition) is 2. The number of nitrogens with one attached hydrogen (secondary N) is 2. The molecule has 0 atom stereocenters. The Bertz CT molecular complexity index is 350. The van der Waals surface area contributed by atoms with Crippen molar-refractivity contribution in [3.63, 3.8) is 0 Å². The van der Waals surface area contributed by atoms with Crippen molar-refractivity contribution in [1.82, 2.24) is 15.3 Å². The van der Waals surface area contributed by atoms with E-state index in [1.54, 1.807) is 0 Å². The third-order valence-corrected chi connectivity index (χ3v) is 2.88. The summed E-state index contributed by atoms with van der Waals surface area (Å²) in [5, 5.41) is 6.43. The van der Waals surface area contributed by atoms with Gasteiger partial charge < -0.3 is 10.6 Å². The predicted molar refractivity (Wildman–Crippen MR) is 60.9 cm³/mol. The maximum absolute atomic E-state index is 13.8. The molecule has 0 aromatic carbocycles. The Hall–Kier alpha value is -1.23. The van der Waals surface area contributed by atoms with Gasteiger partial charge in [-0.25, -0.2) is 14.4 Å². The molecule has 0 amide bonds. The lowest BCUT2D eigenvalue weighted by Crippen LogP contribution is -2.35. The number of halogens is 1. The number of aryl methyl sites for hydroxylation is 1. The minimum atomic E-state index is -0.302. The minimum absolute atomic E-state index is 0.302. The van der Waals surface area contributed by atoms with Crippen LogP contribution < -0.4 is 10.6 Å². The monoisotopic (exact) mass is 224 g/mol. The van der Waals surface area contributed by atoms with Crippen LogP contribution >= 0.6 is 0 Å². The first kappa shape index (κ1) is 11.3. The van der Waals surface area contributed by atoms with Gasteiger partial charge in [0.1, 0.15) is 6.33 Å². The number of piperidine rings is 1. The summed E-state index contributed by atoms with van der Waals surface area (Å²) in [5.41, 5.74) is 0.478. The normalized spacial score (nSPS) is 17.4. The summed E-state index contributed by atoms with van der Waals surface area (Å²) in [4.78, 5) is 7.88. The summed E-state index contributed by atoms with van der Waals surface area (Å²) in [7, 11) is 0. The summed E-state index contributed by atoms with van der Waals surface area (Å²) >= 11 is 0. The lowest BCUT2D eigenvalue weighted by molar-refractivity contribution is 0.474. The molecule has 0 saturated carbocycles. The maximum atomic E-state index is 13.8. The van der Waals surface area contributed by atoms with Crippen molar-refractivity contribution in [3.05, 3.63) is 17.8 Å². The fourth-order valence-corrected chi connectivity index (χ4v) is 1.91. The second-order valence-electron chi connectivity index (χ2n) is 4.01. The van der Waals surface area contributed by atoms with Gasteiger partial charge in [0.05, 0.1) is 5.69 Å². The SMILES string of the molecule is CCc1ncnc(NC2CCNCC2)c1F. The van der Waals surface area contributed by atoms with Crippen LogP contribution in [0.2, 0.25) is 0 Å². The van der Waals surface area contributed by atoms with Crippen LogP contribution in [0.4, 0.5) is 10.2 Å². The Kier molecular flexibility index (Phi) is 3.66. The summed E-state index contributed by atoms with van der Waals surface area (Å²) in [6, 6.07) is 0.315. The molecule has 0 radical (unpaired) electrons. The molecule has 2 N–H and O–H groups in total. The van der Waals surface area contributed by atoms with Gasteiger partial charge in [-0.3, -0.25) is 0 Å². The first-order valence-corrected chi connectivity index (χ1v) is 5.78. The van der Waals surface area contributed by atoms with E-state index in [9.17, 15) is 4.39 Å². The van der Waals surface area contributed by atoms with Crippen LogP contribution in [0, 0.1) is 5.82 Å². The Labute approximate surface area is 94.7 Å². The topological polar surface area (TPSA) is 49.8 Å². The molecule has 0 unspecified atom stereocenters. The van der Waals surface area contributed by atoms with Crippen LogP contribution in [-0.4, -0.2) is 29.1 Å². The Morgan fingerprint density at radius 1 is 1.44 bits per heavy atom. The number of aromatic nitrogens is 2. The largest absolute Gasteiger partial charge is 0.365 e. The highest BCUT2D eigenvalue weighted by molar-refractivity contribution is 5.38. The van der Waals surface area contributed by atoms with Gasteiger partial charge in [0.15, 0.2) is 11.6 Å². The van der Waals surface area contributed by atoms with Gasteiger partial charge in [0.25, 0.3) is 0 Å². The Balaban J connectivity index is 2.08. The van der Waals surface area contributed by atoms with E-state index >= 15 is 0 Å². The van der Waals surface area contributed by atoms with E-state index in [1.165, 1.54) is 6.33 Å². The van der Waals surface area contributed by atoms with Gasteiger partial charge in [-0.2, -0.15) is 0 Å². The number of anilines is 1. The van der Waals surface area contributed by atoms with E-state index in [2.05, 4.69) is 20.6 Å². The molecule has 1 aliphatic heterocycles. The van der Waals surface area contributed by atoms with E-state index in [0.29, 0.717) is 24.0 Å². The second-order valence-corrected chi connectivity index (χ2v) is 4.01. The molecule has 0 spiro atoms. The zero-order chi connectivity index (χ0) is 11.4. The van der Waals surface area contributed by atoms with Gasteiger partial charge in [0.2, 0.25) is 0 Å². The summed E-state index contributed by atoms with van der Waals surface area (Å²) < 4.78 is 13.8. The molecule has 2 rings (SSSR count). The minimum Gasteiger partial charge on any atom is -0.365 e. The van der Waals surface area contributed by atoms with E-state index in [-0.39, 0.29) is 5.82 Å². The van der Waals surface area contributed by atoms with Crippen molar-refractivity contribution < 1.29 is 4.39 Å². The van der Waals surface area contributed by atoms with Crippen molar-refractivity contribution in [2.75, 3.05) is 18.4 Å². The number of nitrogens with zero attached hydrogens (tertiary/aromatic N) is 2. The lowest BCUT2D eigenvalue weighted by atomic mass is 10.1. The van der Waals surface area contributed by atoms with Crippen LogP contribution in [0.5, 0.6) is 0 Å². The molecule has 1 saturated heterocycles. The lowest BCUT2D eigenvalue weighted by Gasteiger charge is -2.24. The Morgan fingerprint density at radius 2 is 2.19 bits per heavy atom. The zero-order valence-corrected chi connectivity index (χ0v) is 9.46. The van der Waals surface area contributed by atoms with Crippen molar-refractivity contribution in [2.45, 2.75) is 32.2 Å². The number of rotatable bonds is 3. The van der Waals surface area contributed by atoms with Crippen molar-refractivity contribution >= 4 is 5.82 Å². The molecule has 1 fully saturated rings. The van der Waals surface area contributed by atoms with Crippen molar-refractivity contribution in [3.8, 4) is 0 Å². The standard InChI is InChI=1S/C11H17FN4/c1-2-9-10(12)11(15-7-14-9)16-8-3-5-13-6-4-8/h7-8,13H,2-6H2,1H3,(H,14,15,16). The van der Waals surface area contributed by atoms with Crippen LogP contribution in [0.25, 0.3) is 0 Å². The van der Waals surface area contributed by atoms with Crippen molar-refractivity contribution in [1.29, 1.82) is 0 Å². The van der Waals surface area contributed by atoms with Crippen LogP contribution in [0.1, 0.15) is 25.5 Å². The highest BCUT2D eigenvalue weighted by Crippen LogP contribution is 2.16. The number of hydrogen-bond acceptors (Lipinski definition) is 4. The van der Waals surface area contributed by atoms with E-state index in [4.69, 9.17) is 0 Å². The maximum Gasteiger partial charge on any atom is 0.186 e. The Morgan fingerprint density at radius 3 is 2.88 bits per heavy atom. The van der Waals surface area contributed by atoms with Gasteiger partial charge in [-0.15, -0.1) is 0 Å². The average molecular weight is 224 g/mol. The molecule has 4 nitrogen and oxygen atoms in total. The van der Waals surface area contributed by atoms with Crippen molar-refractivity contribution in [2.24, 2.45) is 0 Å². The average Bonchev–Trinajstić information content (AvgIpc) is 2.33. The molecule has 5 heteroatoms. The zero-order valence-electron chi connectivity index (χ0n) is 9.46. The fourth-order valence-electron chi connectivity index (χ4n) is 1.91. The fraction of sp³-hybridized carbons (Fsp3) is 0.636. The molecule has 0 aliphatic carbocycles. The van der Waals surface area contributed by atoms with Crippen LogP contribution in [0.3, 0.4) is 0 Å². The molecule has 88 valence electrons. The summed E-state index contributed by atoms with van der Waals surface area (Å²) in [5.74, 6) is 0.0438. The predicted octanol–water partition coefficient (Wildman–Crippen LogP) is 1.34. The van der Waals surface area contributed by atoms with Gasteiger partial charge in [-0.1, -0.05) is 6.92 Å². The van der Waals surface area contributed by atoms with Crippen LogP contribution in [0.15, 0.2) is 6.33 Å². The van der Waals surface area contributed by atoms with Gasteiger partial charge in [0, 0.05) is 6.04 Å². The smallest absolute Gasteiger partial charge is 0.186 e. The first-order chi connectivity index (χ1) is 7.81. The molecular weight excluding hydrogens is 207 g/mol. The molecule has 1 aliphatic rings. The first-order valence-electron chi connectivity index (χ1n) is 5.78. The van der Waals surface area contributed by atoms with E-state index in [1.807, 2.05) is 6.92 Å². The summed E-state index contributed by atoms with van der Waals surface area (Å²) in [6.07, 6.45) is 4.02. The molecule has 1 aromatic heterocycles. The third kappa shape index (κ3) is 2.47. The molecular formula is C11H17FN4. The van der Waals surface area contributed by atoms with E-state index < -0.39 is 0 Å². The quantitative estimate of drug-likeness (QED) is 0.813.